The van der Waals surface area contributed by atoms with E-state index in [1.54, 1.807) is 0 Å². The number of nitrogens with one attached hydrogen (secondary N) is 2. The molecule has 2 aliphatic rings. The van der Waals surface area contributed by atoms with Gasteiger partial charge < -0.3 is 75.9 Å². The van der Waals surface area contributed by atoms with Crippen LogP contribution < -0.4 is 10.6 Å². The smallest absolute Gasteiger partial charge is 0.377 e. The van der Waals surface area contributed by atoms with Gasteiger partial charge in [-0.2, -0.15) is 0 Å². The highest BCUT2D eigenvalue weighted by atomic mass is 16.8. The number of carboxylic acid groups (broad SMARTS) is 1. The van der Waals surface area contributed by atoms with Gasteiger partial charge in [-0.25, -0.2) is 9.59 Å². The Morgan fingerprint density at radius 3 is 1.63 bits per heavy atom. The number of amides is 2. The van der Waals surface area contributed by atoms with E-state index in [0.717, 1.165) is 13.8 Å². The fourth-order valence-corrected chi connectivity index (χ4v) is 4.59. The molecule has 0 aromatic rings. The summed E-state index contributed by atoms with van der Waals surface area (Å²) >= 11 is 0. The average molecular weight is 601 g/mol. The first kappa shape index (κ1) is 34.6. The third kappa shape index (κ3) is 7.64. The van der Waals surface area contributed by atoms with Gasteiger partial charge in [-0.05, 0) is 0 Å². The Labute approximate surface area is 231 Å². The third-order valence-electron chi connectivity index (χ3n) is 6.64. The van der Waals surface area contributed by atoms with E-state index >= 15 is 0 Å². The Balaban J connectivity index is 2.46. The molecule has 2 aliphatic heterocycles. The monoisotopic (exact) mass is 600 g/mol. The topological polar surface area (TPSA) is 322 Å². The van der Waals surface area contributed by atoms with Gasteiger partial charge in [0.05, 0.1) is 43.9 Å². The number of esters is 1. The van der Waals surface area contributed by atoms with Crippen molar-refractivity contribution in [1.82, 2.24) is 10.6 Å². The molecule has 0 spiro atoms. The van der Waals surface area contributed by atoms with E-state index in [4.69, 9.17) is 14.2 Å². The van der Waals surface area contributed by atoms with Crippen molar-refractivity contribution < 1.29 is 84.5 Å². The van der Waals surface area contributed by atoms with Gasteiger partial charge in [0, 0.05) is 20.3 Å². The predicted molar refractivity (Wildman–Crippen MR) is 126 cm³/mol. The maximum Gasteiger partial charge on any atom is 0.377 e. The summed E-state index contributed by atoms with van der Waals surface area (Å²) in [5.74, 6) is -12.2. The molecule has 2 heterocycles. The number of rotatable bonds is 11. The summed E-state index contributed by atoms with van der Waals surface area (Å²) in [7, 11) is 0. The van der Waals surface area contributed by atoms with Crippen LogP contribution in [0.4, 0.5) is 0 Å². The summed E-state index contributed by atoms with van der Waals surface area (Å²) in [5.41, 5.74) is 0. The Bertz CT molecular complexity index is 968. The van der Waals surface area contributed by atoms with Crippen LogP contribution in [-0.2, 0) is 33.4 Å². The number of hydrogen-bond donors (Lipinski definition) is 12. The predicted octanol–water partition coefficient (Wildman–Crippen LogP) is -7.26. The second kappa shape index (κ2) is 13.6. The van der Waals surface area contributed by atoms with E-state index in [1.807, 2.05) is 0 Å². The van der Waals surface area contributed by atoms with E-state index in [9.17, 15) is 70.2 Å². The van der Waals surface area contributed by atoms with Gasteiger partial charge in [0.15, 0.2) is 0 Å². The highest BCUT2D eigenvalue weighted by molar-refractivity contribution is 5.84. The molecule has 236 valence electrons. The van der Waals surface area contributed by atoms with Crippen LogP contribution in [0.3, 0.4) is 0 Å². The number of ether oxygens (including phenoxy) is 3. The maximum atomic E-state index is 13.2. The van der Waals surface area contributed by atoms with Crippen molar-refractivity contribution in [3.63, 3.8) is 0 Å². The van der Waals surface area contributed by atoms with Crippen molar-refractivity contribution in [3.8, 4) is 0 Å². The van der Waals surface area contributed by atoms with Crippen LogP contribution in [0, 0.1) is 0 Å². The number of hydrogen-bond acceptors (Lipinski definition) is 16. The Kier molecular flexibility index (Phi) is 11.5. The van der Waals surface area contributed by atoms with Gasteiger partial charge >= 0.3 is 17.7 Å². The first-order chi connectivity index (χ1) is 18.9. The molecule has 12 atom stereocenters. The van der Waals surface area contributed by atoms with E-state index < -0.39 is 122 Å². The van der Waals surface area contributed by atoms with Gasteiger partial charge in [0.1, 0.15) is 36.6 Å². The molecule has 19 nitrogen and oxygen atoms in total. The van der Waals surface area contributed by atoms with E-state index in [1.165, 1.54) is 0 Å². The van der Waals surface area contributed by atoms with Crippen LogP contribution in [0.25, 0.3) is 0 Å². The molecule has 0 saturated carbocycles. The van der Waals surface area contributed by atoms with E-state index in [2.05, 4.69) is 10.6 Å². The molecule has 0 aromatic carbocycles. The van der Waals surface area contributed by atoms with Crippen molar-refractivity contribution >= 4 is 23.8 Å². The number of carboxylic acids is 1. The third-order valence-corrected chi connectivity index (χ3v) is 6.64. The quantitative estimate of drug-likeness (QED) is 0.0980. The molecule has 12 N–H and O–H groups in total. The number of aliphatic carboxylic acids is 1. The molecule has 2 amide bonds. The normalized spacial score (nSPS) is 36.8. The second-order valence-corrected chi connectivity index (χ2v) is 9.87. The first-order valence-electron chi connectivity index (χ1n) is 12.3. The molecule has 0 radical (unpaired) electrons. The Morgan fingerprint density at radius 2 is 1.24 bits per heavy atom. The summed E-state index contributed by atoms with van der Waals surface area (Å²) in [6.45, 7) is -0.109. The van der Waals surface area contributed by atoms with Crippen molar-refractivity contribution in [1.29, 1.82) is 0 Å². The minimum atomic E-state index is -3.29. The van der Waals surface area contributed by atoms with Gasteiger partial charge in [0.25, 0.3) is 5.79 Å². The average Bonchev–Trinajstić information content (AvgIpc) is 2.89. The van der Waals surface area contributed by atoms with Crippen molar-refractivity contribution in [2.24, 2.45) is 0 Å². The maximum absolute atomic E-state index is 13.2. The van der Waals surface area contributed by atoms with Gasteiger partial charge in [0.2, 0.25) is 11.8 Å². The summed E-state index contributed by atoms with van der Waals surface area (Å²) in [4.78, 5) is 48.7. The largest absolute Gasteiger partial charge is 0.476 e. The lowest BCUT2D eigenvalue weighted by atomic mass is 9.87. The molecule has 0 bridgehead atoms. The highest BCUT2D eigenvalue weighted by Crippen LogP contribution is 2.37. The summed E-state index contributed by atoms with van der Waals surface area (Å²) < 4.78 is 15.4. The van der Waals surface area contributed by atoms with E-state index in [0.29, 0.717) is 0 Å². The van der Waals surface area contributed by atoms with Crippen molar-refractivity contribution in [2.75, 3.05) is 13.2 Å². The zero-order chi connectivity index (χ0) is 31.4. The number of carbonyl (C=O) groups excluding carboxylic acids is 3. The first-order valence-corrected chi connectivity index (χ1v) is 12.3. The lowest BCUT2D eigenvalue weighted by molar-refractivity contribution is -0.332. The summed E-state index contributed by atoms with van der Waals surface area (Å²) in [6, 6.07) is -3.15. The van der Waals surface area contributed by atoms with Crippen molar-refractivity contribution in [2.45, 2.75) is 99.2 Å². The molecular formula is C22H36N2O17. The SMILES string of the molecule is CC(=O)N[C@H]1[C@H]([C@H](O)[C@H](O)CO)O[C@](OC(=O)[C@]2(O)C[C@H](O)[C@@H](NC(C)=O)[C@H]([C@H](O)[C@H](O)CO)O2)(C(=O)O)C[C@@H]1O. The zero-order valence-corrected chi connectivity index (χ0v) is 21.9. The second-order valence-electron chi connectivity index (χ2n) is 9.87. The lowest BCUT2D eigenvalue weighted by Gasteiger charge is -2.48. The van der Waals surface area contributed by atoms with Crippen LogP contribution in [0.15, 0.2) is 0 Å². The fourth-order valence-electron chi connectivity index (χ4n) is 4.59. The van der Waals surface area contributed by atoms with Gasteiger partial charge in [-0.1, -0.05) is 0 Å². The summed E-state index contributed by atoms with van der Waals surface area (Å²) in [6.07, 6.45) is -18.3. The molecular weight excluding hydrogens is 564 g/mol. The number of aliphatic hydroxyl groups excluding tert-OH is 8. The zero-order valence-electron chi connectivity index (χ0n) is 21.9. The van der Waals surface area contributed by atoms with Crippen LogP contribution in [0.2, 0.25) is 0 Å². The molecule has 2 saturated heterocycles. The molecule has 0 aliphatic carbocycles. The number of carbonyl (C=O) groups is 4. The number of aliphatic hydroxyl groups is 9. The summed E-state index contributed by atoms with van der Waals surface area (Å²) in [5, 5.41) is 106. The molecule has 0 aromatic heterocycles. The highest BCUT2D eigenvalue weighted by Gasteiger charge is 2.61. The van der Waals surface area contributed by atoms with Crippen LogP contribution in [0.1, 0.15) is 26.7 Å². The molecule has 19 heteroatoms. The fraction of sp³-hybridized carbons (Fsp3) is 0.818. The molecule has 2 fully saturated rings. The Hall–Kier alpha value is -2.56. The van der Waals surface area contributed by atoms with Crippen LogP contribution >= 0.6 is 0 Å². The van der Waals surface area contributed by atoms with Crippen LogP contribution in [0.5, 0.6) is 0 Å². The van der Waals surface area contributed by atoms with Gasteiger partial charge in [-0.3, -0.25) is 9.59 Å². The van der Waals surface area contributed by atoms with Crippen LogP contribution in [-0.4, -0.2) is 161 Å². The Morgan fingerprint density at radius 1 is 0.829 bits per heavy atom. The van der Waals surface area contributed by atoms with Gasteiger partial charge in [-0.15, -0.1) is 0 Å². The minimum Gasteiger partial charge on any atom is -0.476 e. The molecule has 41 heavy (non-hydrogen) atoms. The molecule has 0 unspecified atom stereocenters. The molecule has 2 rings (SSSR count). The van der Waals surface area contributed by atoms with E-state index in [-0.39, 0.29) is 0 Å². The van der Waals surface area contributed by atoms with Crippen molar-refractivity contribution in [3.05, 3.63) is 0 Å². The lowest BCUT2D eigenvalue weighted by Crippen LogP contribution is -2.70. The minimum absolute atomic E-state index is 0.765. The standard InChI is InChI=1S/C22H36N2O17/c1-7(27)23-13-9(29)3-21(38,39-17(13)15(33)11(31)5-25)20(37)41-22(19(35)36)4-10(30)14(24-8(2)28)18(40-22)16(34)12(32)6-26/h9-18,25-26,29-34,38H,3-6H2,1-2H3,(H,23,27)(H,24,28)(H,35,36)/t9-,10-,11+,12+,13+,14+,15+,16+,17+,18+,21-,22+/m0/s1.